The predicted octanol–water partition coefficient (Wildman–Crippen LogP) is 3.68. The van der Waals surface area contributed by atoms with Crippen LogP contribution in [0.1, 0.15) is 18.9 Å². The number of guanidine groups is 1. The van der Waals surface area contributed by atoms with E-state index < -0.39 is 12.8 Å². The van der Waals surface area contributed by atoms with Gasteiger partial charge >= 0.3 is 6.18 Å². The monoisotopic (exact) mass is 501 g/mol. The third-order valence-electron chi connectivity index (χ3n) is 4.03. The Hall–Kier alpha value is -1.23. The summed E-state index contributed by atoms with van der Waals surface area (Å²) in [7, 11) is 1.70. The zero-order chi connectivity index (χ0) is 19.0. The van der Waals surface area contributed by atoms with E-state index in [1.165, 1.54) is 6.07 Å². The number of alkyl halides is 3. The van der Waals surface area contributed by atoms with Gasteiger partial charge in [0.05, 0.1) is 13.2 Å². The van der Waals surface area contributed by atoms with Crippen LogP contribution < -0.4 is 10.1 Å². The number of benzene rings is 1. The summed E-state index contributed by atoms with van der Waals surface area (Å²) in [6.07, 6.45) is -3.29. The highest BCUT2D eigenvalue weighted by atomic mass is 127. The standard InChI is InChI=1S/C18H26F3N3O2.HI/c1-3-22-17(24-8-7-15(11-24)12-25-2)23-10-14-5-4-6-16(9-14)26-13-18(19,20)21;/h4-6,9,15H,3,7-8,10-13H2,1-2H3,(H,22,23);1H. The lowest BCUT2D eigenvalue weighted by Gasteiger charge is -2.21. The molecule has 9 heteroatoms. The first-order valence-corrected chi connectivity index (χ1v) is 8.72. The number of aliphatic imine (C=N–C) groups is 1. The van der Waals surface area contributed by atoms with E-state index in [9.17, 15) is 13.2 Å². The maximum Gasteiger partial charge on any atom is 0.422 e. The van der Waals surface area contributed by atoms with E-state index in [4.69, 9.17) is 9.47 Å². The molecule has 0 saturated carbocycles. The summed E-state index contributed by atoms with van der Waals surface area (Å²) in [5, 5.41) is 3.27. The van der Waals surface area contributed by atoms with Crippen LogP contribution in [0.2, 0.25) is 0 Å². The van der Waals surface area contributed by atoms with Crippen molar-refractivity contribution in [2.45, 2.75) is 26.1 Å². The van der Waals surface area contributed by atoms with Crippen LogP contribution in [-0.2, 0) is 11.3 Å². The van der Waals surface area contributed by atoms with Gasteiger partial charge in [0.25, 0.3) is 0 Å². The Balaban J connectivity index is 0.00000364. The maximum absolute atomic E-state index is 12.3. The van der Waals surface area contributed by atoms with Crippen molar-refractivity contribution in [2.75, 3.05) is 40.0 Å². The molecule has 1 fully saturated rings. The van der Waals surface area contributed by atoms with Gasteiger partial charge in [0.2, 0.25) is 0 Å². The SMILES string of the molecule is CCNC(=NCc1cccc(OCC(F)(F)F)c1)N1CCC(COC)C1.I. The van der Waals surface area contributed by atoms with E-state index in [1.54, 1.807) is 19.2 Å². The molecule has 1 heterocycles. The second kappa shape index (κ2) is 11.6. The van der Waals surface area contributed by atoms with Crippen molar-refractivity contribution >= 4 is 29.9 Å². The number of ether oxygens (including phenoxy) is 2. The molecule has 0 spiro atoms. The minimum atomic E-state index is -4.35. The molecule has 1 saturated heterocycles. The molecule has 1 aliphatic rings. The molecule has 1 N–H and O–H groups in total. The highest BCUT2D eigenvalue weighted by molar-refractivity contribution is 14.0. The maximum atomic E-state index is 12.3. The predicted molar refractivity (Wildman–Crippen MR) is 110 cm³/mol. The summed E-state index contributed by atoms with van der Waals surface area (Å²) in [5.41, 5.74) is 0.799. The van der Waals surface area contributed by atoms with Crippen LogP contribution in [0, 0.1) is 5.92 Å². The van der Waals surface area contributed by atoms with Crippen molar-refractivity contribution in [2.24, 2.45) is 10.9 Å². The summed E-state index contributed by atoms with van der Waals surface area (Å²) in [4.78, 5) is 6.81. The number of hydrogen-bond acceptors (Lipinski definition) is 3. The highest BCUT2D eigenvalue weighted by Crippen LogP contribution is 2.20. The molecule has 1 atom stereocenters. The van der Waals surface area contributed by atoms with Crippen LogP contribution in [0.4, 0.5) is 13.2 Å². The molecule has 1 unspecified atom stereocenters. The first kappa shape index (κ1) is 23.8. The fraction of sp³-hybridized carbons (Fsp3) is 0.611. The second-order valence-corrected chi connectivity index (χ2v) is 6.28. The average Bonchev–Trinajstić information content (AvgIpc) is 3.05. The minimum absolute atomic E-state index is 0. The zero-order valence-electron chi connectivity index (χ0n) is 15.6. The Morgan fingerprint density at radius 3 is 2.81 bits per heavy atom. The normalized spacial score (nSPS) is 17.6. The van der Waals surface area contributed by atoms with Crippen LogP contribution in [-0.4, -0.2) is 57.0 Å². The van der Waals surface area contributed by atoms with Crippen molar-refractivity contribution in [3.63, 3.8) is 0 Å². The van der Waals surface area contributed by atoms with E-state index in [1.807, 2.05) is 13.0 Å². The van der Waals surface area contributed by atoms with Crippen molar-refractivity contribution in [1.29, 1.82) is 0 Å². The van der Waals surface area contributed by atoms with Gasteiger partial charge in [0.15, 0.2) is 12.6 Å². The van der Waals surface area contributed by atoms with E-state index in [0.29, 0.717) is 12.5 Å². The Labute approximate surface area is 175 Å². The molecule has 0 aliphatic carbocycles. The van der Waals surface area contributed by atoms with Crippen LogP contribution in [0.3, 0.4) is 0 Å². The second-order valence-electron chi connectivity index (χ2n) is 6.28. The Bertz CT molecular complexity index is 599. The van der Waals surface area contributed by atoms with Crippen LogP contribution in [0.5, 0.6) is 5.75 Å². The lowest BCUT2D eigenvalue weighted by molar-refractivity contribution is -0.153. The van der Waals surface area contributed by atoms with E-state index in [0.717, 1.165) is 44.2 Å². The van der Waals surface area contributed by atoms with Gasteiger partial charge in [-0.2, -0.15) is 13.2 Å². The van der Waals surface area contributed by atoms with E-state index in [-0.39, 0.29) is 29.7 Å². The first-order valence-electron chi connectivity index (χ1n) is 8.72. The number of nitrogens with zero attached hydrogens (tertiary/aromatic N) is 2. The Morgan fingerprint density at radius 2 is 2.15 bits per heavy atom. The van der Waals surface area contributed by atoms with Gasteiger partial charge in [-0.3, -0.25) is 0 Å². The Morgan fingerprint density at radius 1 is 1.37 bits per heavy atom. The van der Waals surface area contributed by atoms with Crippen molar-refractivity contribution in [3.8, 4) is 5.75 Å². The summed E-state index contributed by atoms with van der Waals surface area (Å²) in [6.45, 7) is 4.36. The average molecular weight is 501 g/mol. The highest BCUT2D eigenvalue weighted by Gasteiger charge is 2.28. The van der Waals surface area contributed by atoms with Gasteiger partial charge in [-0.1, -0.05) is 12.1 Å². The Kier molecular flexibility index (Phi) is 10.2. The number of likely N-dealkylation sites (tertiary alicyclic amines) is 1. The number of nitrogens with one attached hydrogen (secondary N) is 1. The molecule has 1 aromatic carbocycles. The van der Waals surface area contributed by atoms with E-state index >= 15 is 0 Å². The topological polar surface area (TPSA) is 46.1 Å². The van der Waals surface area contributed by atoms with Gasteiger partial charge in [0.1, 0.15) is 5.75 Å². The molecule has 27 heavy (non-hydrogen) atoms. The van der Waals surface area contributed by atoms with E-state index in [2.05, 4.69) is 15.2 Å². The van der Waals surface area contributed by atoms with Crippen LogP contribution in [0.15, 0.2) is 29.3 Å². The molecular formula is C18H27F3IN3O2. The molecule has 5 nitrogen and oxygen atoms in total. The van der Waals surface area contributed by atoms with Gasteiger partial charge in [-0.05, 0) is 31.0 Å². The molecule has 1 aliphatic heterocycles. The molecule has 2 rings (SSSR count). The van der Waals surface area contributed by atoms with Gasteiger partial charge in [-0.25, -0.2) is 4.99 Å². The lowest BCUT2D eigenvalue weighted by atomic mass is 10.1. The van der Waals surface area contributed by atoms with Gasteiger partial charge in [-0.15, -0.1) is 24.0 Å². The van der Waals surface area contributed by atoms with Gasteiger partial charge < -0.3 is 19.7 Å². The summed E-state index contributed by atoms with van der Waals surface area (Å²) in [6, 6.07) is 6.61. The third-order valence-corrected chi connectivity index (χ3v) is 4.03. The molecule has 1 aromatic rings. The number of hydrogen-bond donors (Lipinski definition) is 1. The van der Waals surface area contributed by atoms with Crippen LogP contribution >= 0.6 is 24.0 Å². The fourth-order valence-corrected chi connectivity index (χ4v) is 2.89. The largest absolute Gasteiger partial charge is 0.484 e. The zero-order valence-corrected chi connectivity index (χ0v) is 17.9. The molecule has 0 amide bonds. The van der Waals surface area contributed by atoms with Crippen molar-refractivity contribution < 1.29 is 22.6 Å². The van der Waals surface area contributed by atoms with Crippen molar-refractivity contribution in [3.05, 3.63) is 29.8 Å². The quantitative estimate of drug-likeness (QED) is 0.352. The smallest absolute Gasteiger partial charge is 0.422 e. The molecule has 154 valence electrons. The first-order chi connectivity index (χ1) is 12.4. The number of halogens is 4. The summed E-state index contributed by atoms with van der Waals surface area (Å²) >= 11 is 0. The lowest BCUT2D eigenvalue weighted by Crippen LogP contribution is -2.40. The van der Waals surface area contributed by atoms with Crippen molar-refractivity contribution in [1.82, 2.24) is 10.2 Å². The molecular weight excluding hydrogens is 474 g/mol. The number of rotatable bonds is 7. The number of methoxy groups -OCH3 is 1. The van der Waals surface area contributed by atoms with Gasteiger partial charge in [0, 0.05) is 32.7 Å². The molecule has 0 aromatic heterocycles. The summed E-state index contributed by atoms with van der Waals surface area (Å²) in [5.74, 6) is 1.50. The fourth-order valence-electron chi connectivity index (χ4n) is 2.89. The molecule has 0 radical (unpaired) electrons. The van der Waals surface area contributed by atoms with Crippen LogP contribution in [0.25, 0.3) is 0 Å². The third kappa shape index (κ3) is 8.54. The molecule has 0 bridgehead atoms. The summed E-state index contributed by atoms with van der Waals surface area (Å²) < 4.78 is 46.8. The minimum Gasteiger partial charge on any atom is -0.484 e.